The molecule has 1 saturated heterocycles. The van der Waals surface area contributed by atoms with Gasteiger partial charge in [-0.3, -0.25) is 4.57 Å². The van der Waals surface area contributed by atoms with Gasteiger partial charge in [-0.15, -0.1) is 0 Å². The van der Waals surface area contributed by atoms with Gasteiger partial charge >= 0.3 is 5.82 Å². The van der Waals surface area contributed by atoms with E-state index in [9.17, 15) is 10.1 Å². The largest absolute Gasteiger partial charge is 0.496 e. The minimum absolute atomic E-state index is 0.0700. The maximum absolute atomic E-state index is 11.2. The molecule has 0 spiro atoms. The molecule has 0 saturated carbocycles. The second kappa shape index (κ2) is 6.28. The number of hydrogen-bond acceptors (Lipinski definition) is 5. The Kier molecular flexibility index (Phi) is 4.18. The van der Waals surface area contributed by atoms with Crippen LogP contribution in [0.3, 0.4) is 0 Å². The van der Waals surface area contributed by atoms with Crippen molar-refractivity contribution in [1.82, 2.24) is 9.55 Å². The van der Waals surface area contributed by atoms with Crippen molar-refractivity contribution in [3.63, 3.8) is 0 Å². The molecule has 7 heteroatoms. The Hall–Kier alpha value is -2.57. The van der Waals surface area contributed by atoms with E-state index in [0.29, 0.717) is 5.82 Å². The number of imidazole rings is 1. The van der Waals surface area contributed by atoms with Gasteiger partial charge in [-0.2, -0.15) is 0 Å². The standard InChI is InChI=1S/C16H20N4O3/c1-18-11-17-15(20(21)22)16(18)19-9-5-7-13(19)10-12-6-3-4-8-14(12)23-2/h3-4,6,8,11,13H,5,7,9-10H2,1-2H3/t13-/m0/s1. The molecular weight excluding hydrogens is 296 g/mol. The lowest BCUT2D eigenvalue weighted by Gasteiger charge is -2.26. The zero-order chi connectivity index (χ0) is 16.4. The third-order valence-corrected chi connectivity index (χ3v) is 4.36. The van der Waals surface area contributed by atoms with Gasteiger partial charge in [-0.25, -0.2) is 0 Å². The Morgan fingerprint density at radius 3 is 2.96 bits per heavy atom. The first-order chi connectivity index (χ1) is 11.1. The fraction of sp³-hybridized carbons (Fsp3) is 0.438. The van der Waals surface area contributed by atoms with Gasteiger partial charge in [-0.1, -0.05) is 18.2 Å². The van der Waals surface area contributed by atoms with Gasteiger partial charge in [0.1, 0.15) is 5.75 Å². The van der Waals surface area contributed by atoms with E-state index < -0.39 is 4.92 Å². The average Bonchev–Trinajstić information content (AvgIpc) is 3.14. The van der Waals surface area contributed by atoms with Gasteiger partial charge in [0.25, 0.3) is 0 Å². The average molecular weight is 316 g/mol. The molecule has 1 atom stereocenters. The molecule has 2 aromatic rings. The van der Waals surface area contributed by atoms with Gasteiger partial charge in [0.05, 0.1) is 7.11 Å². The van der Waals surface area contributed by atoms with E-state index in [1.165, 1.54) is 6.33 Å². The SMILES string of the molecule is COc1ccccc1C[C@@H]1CCCN1c1c([N+](=O)[O-])ncn1C. The maximum atomic E-state index is 11.2. The summed E-state index contributed by atoms with van der Waals surface area (Å²) in [6.45, 7) is 0.806. The zero-order valence-corrected chi connectivity index (χ0v) is 13.3. The molecule has 0 aliphatic carbocycles. The number of aromatic nitrogens is 2. The molecule has 0 bridgehead atoms. The van der Waals surface area contributed by atoms with E-state index in [2.05, 4.69) is 9.88 Å². The van der Waals surface area contributed by atoms with Crippen molar-refractivity contribution in [2.75, 3.05) is 18.6 Å². The van der Waals surface area contributed by atoms with Gasteiger partial charge in [-0.05, 0) is 40.8 Å². The third kappa shape index (κ3) is 2.86. The topological polar surface area (TPSA) is 73.4 Å². The van der Waals surface area contributed by atoms with Crippen LogP contribution in [0.2, 0.25) is 0 Å². The van der Waals surface area contributed by atoms with E-state index in [1.54, 1.807) is 18.7 Å². The molecule has 3 rings (SSSR count). The highest BCUT2D eigenvalue weighted by Crippen LogP contribution is 2.34. The van der Waals surface area contributed by atoms with Crippen LogP contribution in [0.4, 0.5) is 11.6 Å². The number of anilines is 1. The lowest BCUT2D eigenvalue weighted by Crippen LogP contribution is -2.33. The third-order valence-electron chi connectivity index (χ3n) is 4.36. The number of methoxy groups -OCH3 is 1. The fourth-order valence-corrected chi connectivity index (χ4v) is 3.32. The summed E-state index contributed by atoms with van der Waals surface area (Å²) in [6.07, 6.45) is 4.32. The zero-order valence-electron chi connectivity index (χ0n) is 13.3. The molecule has 0 radical (unpaired) electrons. The monoisotopic (exact) mass is 316 g/mol. The Labute approximate surface area is 134 Å². The molecule has 1 aromatic carbocycles. The second-order valence-corrected chi connectivity index (χ2v) is 5.77. The normalized spacial score (nSPS) is 17.5. The van der Waals surface area contributed by atoms with Crippen LogP contribution in [0, 0.1) is 10.1 Å². The molecule has 1 fully saturated rings. The van der Waals surface area contributed by atoms with Crippen LogP contribution in [0.5, 0.6) is 5.75 Å². The summed E-state index contributed by atoms with van der Waals surface area (Å²) in [5.74, 6) is 1.38. The minimum atomic E-state index is -0.409. The van der Waals surface area contributed by atoms with E-state index in [4.69, 9.17) is 4.74 Å². The Balaban J connectivity index is 1.89. The fourth-order valence-electron chi connectivity index (χ4n) is 3.32. The summed E-state index contributed by atoms with van der Waals surface area (Å²) >= 11 is 0. The Morgan fingerprint density at radius 2 is 2.22 bits per heavy atom. The second-order valence-electron chi connectivity index (χ2n) is 5.77. The molecule has 0 N–H and O–H groups in total. The van der Waals surface area contributed by atoms with Crippen LogP contribution < -0.4 is 9.64 Å². The number of nitro groups is 1. The van der Waals surface area contributed by atoms with Crippen molar-refractivity contribution in [1.29, 1.82) is 0 Å². The number of ether oxygens (including phenoxy) is 1. The van der Waals surface area contributed by atoms with E-state index in [0.717, 1.165) is 37.1 Å². The summed E-state index contributed by atoms with van der Waals surface area (Å²) < 4.78 is 7.16. The maximum Gasteiger partial charge on any atom is 0.406 e. The summed E-state index contributed by atoms with van der Waals surface area (Å²) in [5.41, 5.74) is 1.12. The lowest BCUT2D eigenvalue weighted by atomic mass is 10.0. The van der Waals surface area contributed by atoms with Crippen molar-refractivity contribution in [3.05, 3.63) is 46.3 Å². The van der Waals surface area contributed by atoms with E-state index in [-0.39, 0.29) is 11.9 Å². The van der Waals surface area contributed by atoms with E-state index in [1.807, 2.05) is 24.3 Å². The first-order valence-electron chi connectivity index (χ1n) is 7.66. The van der Waals surface area contributed by atoms with Crippen molar-refractivity contribution in [3.8, 4) is 5.75 Å². The molecule has 0 amide bonds. The predicted molar refractivity (Wildman–Crippen MR) is 86.9 cm³/mol. The highest BCUT2D eigenvalue weighted by Gasteiger charge is 2.33. The summed E-state index contributed by atoms with van der Waals surface area (Å²) in [4.78, 5) is 16.9. The summed E-state index contributed by atoms with van der Waals surface area (Å²) in [6, 6.07) is 8.14. The first kappa shape index (κ1) is 15.3. The number of hydrogen-bond donors (Lipinski definition) is 0. The summed E-state index contributed by atoms with van der Waals surface area (Å²) in [5, 5.41) is 11.2. The number of rotatable bonds is 5. The number of benzene rings is 1. The molecule has 1 aliphatic heterocycles. The van der Waals surface area contributed by atoms with Crippen LogP contribution in [0.25, 0.3) is 0 Å². The molecule has 23 heavy (non-hydrogen) atoms. The molecule has 2 heterocycles. The van der Waals surface area contributed by atoms with Crippen LogP contribution in [0.1, 0.15) is 18.4 Å². The van der Waals surface area contributed by atoms with Crippen molar-refractivity contribution < 1.29 is 9.66 Å². The highest BCUT2D eigenvalue weighted by molar-refractivity contribution is 5.56. The molecule has 7 nitrogen and oxygen atoms in total. The smallest absolute Gasteiger partial charge is 0.406 e. The highest BCUT2D eigenvalue weighted by atomic mass is 16.6. The van der Waals surface area contributed by atoms with Gasteiger partial charge in [0, 0.05) is 19.6 Å². The quantitative estimate of drug-likeness (QED) is 0.626. The van der Waals surface area contributed by atoms with Crippen LogP contribution in [0.15, 0.2) is 30.6 Å². The first-order valence-corrected chi connectivity index (χ1v) is 7.66. The Bertz CT molecular complexity index is 713. The summed E-state index contributed by atoms with van der Waals surface area (Å²) in [7, 11) is 3.46. The lowest BCUT2D eigenvalue weighted by molar-refractivity contribution is -0.388. The number of para-hydroxylation sites is 1. The van der Waals surface area contributed by atoms with Crippen molar-refractivity contribution in [2.24, 2.45) is 7.05 Å². The van der Waals surface area contributed by atoms with Gasteiger partial charge in [0.2, 0.25) is 12.1 Å². The van der Waals surface area contributed by atoms with Gasteiger partial charge in [0.15, 0.2) is 0 Å². The number of aryl methyl sites for hydroxylation is 1. The number of nitrogens with zero attached hydrogens (tertiary/aromatic N) is 4. The minimum Gasteiger partial charge on any atom is -0.496 e. The van der Waals surface area contributed by atoms with Crippen LogP contribution >= 0.6 is 0 Å². The molecule has 1 aromatic heterocycles. The molecule has 122 valence electrons. The molecule has 1 aliphatic rings. The molecular formula is C16H20N4O3. The molecule has 0 unspecified atom stereocenters. The van der Waals surface area contributed by atoms with Gasteiger partial charge < -0.3 is 19.8 Å². The Morgan fingerprint density at radius 1 is 1.43 bits per heavy atom. The van der Waals surface area contributed by atoms with Crippen LogP contribution in [-0.2, 0) is 13.5 Å². The van der Waals surface area contributed by atoms with E-state index >= 15 is 0 Å². The van der Waals surface area contributed by atoms with Crippen molar-refractivity contribution >= 4 is 11.6 Å². The predicted octanol–water partition coefficient (Wildman–Crippen LogP) is 2.55. The van der Waals surface area contributed by atoms with Crippen LogP contribution in [-0.4, -0.2) is 34.2 Å². The van der Waals surface area contributed by atoms with Crippen molar-refractivity contribution in [2.45, 2.75) is 25.3 Å².